The van der Waals surface area contributed by atoms with Crippen LogP contribution in [0.25, 0.3) is 11.0 Å². The molecule has 1 aromatic carbocycles. The molecule has 2 aliphatic heterocycles. The summed E-state index contributed by atoms with van der Waals surface area (Å²) in [4.78, 5) is 10.7. The molecule has 0 aliphatic carbocycles. The van der Waals surface area contributed by atoms with Crippen LogP contribution in [0.4, 0.5) is 11.4 Å². The summed E-state index contributed by atoms with van der Waals surface area (Å²) < 4.78 is 1.91. The third-order valence-electron chi connectivity index (χ3n) is 5.67. The van der Waals surface area contributed by atoms with Crippen LogP contribution in [0.2, 0.25) is 0 Å². The number of hydrogen-bond donors (Lipinski definition) is 2. The van der Waals surface area contributed by atoms with Crippen molar-refractivity contribution >= 4 is 40.5 Å². The quantitative estimate of drug-likeness (QED) is 0.680. The van der Waals surface area contributed by atoms with E-state index in [1.165, 1.54) is 0 Å². The lowest BCUT2D eigenvalue weighted by Crippen LogP contribution is -2.42. The second kappa shape index (κ2) is 8.00. The lowest BCUT2D eigenvalue weighted by atomic mass is 9.86. The average Bonchev–Trinajstić information content (AvgIpc) is 3.34. The number of rotatable bonds is 4. The Balaban J connectivity index is 0.00000205. The molecule has 0 saturated carbocycles. The Morgan fingerprint density at radius 1 is 1.17 bits per heavy atom. The number of anilines is 2. The van der Waals surface area contributed by atoms with Crippen LogP contribution in [0.1, 0.15) is 31.7 Å². The molecule has 0 bridgehead atoms. The van der Waals surface area contributed by atoms with Crippen LogP contribution in [-0.2, 0) is 11.4 Å². The van der Waals surface area contributed by atoms with Crippen molar-refractivity contribution in [1.29, 1.82) is 0 Å². The van der Waals surface area contributed by atoms with Crippen molar-refractivity contribution in [2.24, 2.45) is 5.16 Å². The van der Waals surface area contributed by atoms with Crippen molar-refractivity contribution in [3.63, 3.8) is 0 Å². The van der Waals surface area contributed by atoms with Gasteiger partial charge in [0.2, 0.25) is 0 Å². The maximum absolute atomic E-state index is 5.96. The number of hydrogen-bond acceptors (Lipinski definition) is 6. The minimum atomic E-state index is -0.173. The van der Waals surface area contributed by atoms with E-state index in [0.29, 0.717) is 0 Å². The van der Waals surface area contributed by atoms with Crippen LogP contribution in [0.3, 0.4) is 0 Å². The van der Waals surface area contributed by atoms with Crippen LogP contribution in [-0.4, -0.2) is 39.2 Å². The predicted molar refractivity (Wildman–Crippen MR) is 117 cm³/mol. The molecule has 1 fully saturated rings. The van der Waals surface area contributed by atoms with E-state index in [9.17, 15) is 0 Å². The first-order valence-electron chi connectivity index (χ1n) is 9.91. The molecule has 29 heavy (non-hydrogen) atoms. The normalized spacial score (nSPS) is 17.6. The molecular weight excluding hydrogens is 388 g/mol. The first-order valence-corrected chi connectivity index (χ1v) is 9.91. The zero-order valence-electron chi connectivity index (χ0n) is 16.4. The summed E-state index contributed by atoms with van der Waals surface area (Å²) in [5.41, 5.74) is 4.66. The molecule has 7 nitrogen and oxygen atoms in total. The number of pyridine rings is 1. The number of fused-ring (bicyclic) bond motifs is 1. The number of piperidine rings is 1. The number of aromatic nitrogens is 3. The maximum Gasteiger partial charge on any atom is 0.159 e. The summed E-state index contributed by atoms with van der Waals surface area (Å²) in [7, 11) is 0. The molecule has 0 atom stereocenters. The molecule has 2 aromatic heterocycles. The molecule has 5 rings (SSSR count). The second-order valence-electron chi connectivity index (χ2n) is 7.47. The van der Waals surface area contributed by atoms with Crippen LogP contribution < -0.4 is 10.6 Å². The van der Waals surface area contributed by atoms with E-state index in [-0.39, 0.29) is 18.0 Å². The predicted octanol–water partition coefficient (Wildman–Crippen LogP) is 3.86. The van der Waals surface area contributed by atoms with E-state index < -0.39 is 0 Å². The number of oxime groups is 1. The molecule has 152 valence electrons. The Hall–Kier alpha value is -2.64. The third-order valence-corrected chi connectivity index (χ3v) is 5.67. The highest BCUT2D eigenvalue weighted by atomic mass is 35.5. The number of nitrogens with zero attached hydrogens (tertiary/aromatic N) is 4. The van der Waals surface area contributed by atoms with Crippen molar-refractivity contribution < 1.29 is 4.84 Å². The summed E-state index contributed by atoms with van der Waals surface area (Å²) in [6, 6.07) is 10.2. The van der Waals surface area contributed by atoms with Gasteiger partial charge in [0.15, 0.2) is 5.65 Å². The van der Waals surface area contributed by atoms with Crippen LogP contribution >= 0.6 is 12.4 Å². The van der Waals surface area contributed by atoms with Gasteiger partial charge in [-0.25, -0.2) is 9.67 Å². The van der Waals surface area contributed by atoms with Crippen LogP contribution in [0.5, 0.6) is 0 Å². The standard InChI is InChI=1S/C21H24N6O.ClH/c1-2-27-20-17(14-24-27)19(25-15-6-4-3-5-7-15)16(13-23-20)18-12-21(28-26-18)8-10-22-11-9-21;/h3-7,13-14,22H,2,8-12H2,1H3,(H,23,25);1H. The molecule has 0 unspecified atom stereocenters. The van der Waals surface area contributed by atoms with Gasteiger partial charge >= 0.3 is 0 Å². The minimum absolute atomic E-state index is 0. The lowest BCUT2D eigenvalue weighted by Gasteiger charge is -2.31. The number of aryl methyl sites for hydroxylation is 1. The smallest absolute Gasteiger partial charge is 0.159 e. The van der Waals surface area contributed by atoms with E-state index in [4.69, 9.17) is 9.82 Å². The summed E-state index contributed by atoms with van der Waals surface area (Å²) in [5.74, 6) is 0. The first kappa shape index (κ1) is 19.7. The molecule has 2 aliphatic rings. The molecule has 0 radical (unpaired) electrons. The second-order valence-corrected chi connectivity index (χ2v) is 7.47. The average molecular weight is 413 g/mol. The lowest BCUT2D eigenvalue weighted by molar-refractivity contribution is -0.0400. The molecule has 1 saturated heterocycles. The molecule has 2 N–H and O–H groups in total. The van der Waals surface area contributed by atoms with Crippen LogP contribution in [0.15, 0.2) is 47.9 Å². The van der Waals surface area contributed by atoms with Gasteiger partial charge in [0.1, 0.15) is 5.60 Å². The monoisotopic (exact) mass is 412 g/mol. The summed E-state index contributed by atoms with van der Waals surface area (Å²) in [6.45, 7) is 4.79. The van der Waals surface area contributed by atoms with Gasteiger partial charge in [-0.3, -0.25) is 0 Å². The molecule has 1 spiro atoms. The van der Waals surface area contributed by atoms with Crippen molar-refractivity contribution in [3.8, 4) is 0 Å². The zero-order valence-corrected chi connectivity index (χ0v) is 17.2. The van der Waals surface area contributed by atoms with E-state index >= 15 is 0 Å². The van der Waals surface area contributed by atoms with E-state index in [0.717, 1.165) is 72.6 Å². The van der Waals surface area contributed by atoms with Crippen molar-refractivity contribution in [2.45, 2.75) is 38.3 Å². The van der Waals surface area contributed by atoms with Crippen molar-refractivity contribution in [3.05, 3.63) is 48.3 Å². The minimum Gasteiger partial charge on any atom is -0.388 e. The molecule has 4 heterocycles. The highest BCUT2D eigenvalue weighted by molar-refractivity contribution is 6.11. The summed E-state index contributed by atoms with van der Waals surface area (Å²) in [6.07, 6.45) is 6.56. The Kier molecular flexibility index (Phi) is 5.43. The van der Waals surface area contributed by atoms with Crippen molar-refractivity contribution in [1.82, 2.24) is 20.1 Å². The van der Waals surface area contributed by atoms with E-state index in [2.05, 4.69) is 39.9 Å². The van der Waals surface area contributed by atoms with E-state index in [1.54, 1.807) is 0 Å². The Bertz CT molecular complexity index is 1030. The largest absolute Gasteiger partial charge is 0.388 e. The summed E-state index contributed by atoms with van der Waals surface area (Å²) in [5, 5.41) is 17.0. The van der Waals surface area contributed by atoms with Gasteiger partial charge in [-0.05, 0) is 32.1 Å². The fourth-order valence-corrected chi connectivity index (χ4v) is 4.09. The first-order chi connectivity index (χ1) is 13.8. The van der Waals surface area contributed by atoms with Gasteiger partial charge in [-0.15, -0.1) is 12.4 Å². The van der Waals surface area contributed by atoms with Crippen molar-refractivity contribution in [2.75, 3.05) is 18.4 Å². The Morgan fingerprint density at radius 2 is 1.97 bits per heavy atom. The fraction of sp³-hybridized carbons (Fsp3) is 0.381. The van der Waals surface area contributed by atoms with Gasteiger partial charge in [0.25, 0.3) is 0 Å². The number of benzene rings is 1. The molecule has 0 amide bonds. The maximum atomic E-state index is 5.96. The van der Waals surface area contributed by atoms with Crippen LogP contribution in [0, 0.1) is 0 Å². The SMILES string of the molecule is CCn1ncc2c(Nc3ccccc3)c(C3=NOC4(CCNCC4)C3)cnc21.Cl. The van der Waals surface area contributed by atoms with Gasteiger partial charge < -0.3 is 15.5 Å². The van der Waals surface area contributed by atoms with Gasteiger partial charge in [0.05, 0.1) is 23.0 Å². The molecule has 8 heteroatoms. The highest BCUT2D eigenvalue weighted by Crippen LogP contribution is 2.38. The van der Waals surface area contributed by atoms with E-state index in [1.807, 2.05) is 35.3 Å². The van der Waals surface area contributed by atoms with Gasteiger partial charge in [-0.2, -0.15) is 5.10 Å². The third kappa shape index (κ3) is 3.56. The summed E-state index contributed by atoms with van der Waals surface area (Å²) >= 11 is 0. The fourth-order valence-electron chi connectivity index (χ4n) is 4.09. The molecule has 3 aromatic rings. The highest BCUT2D eigenvalue weighted by Gasteiger charge is 2.41. The number of halogens is 1. The number of para-hydroxylation sites is 1. The Labute approximate surface area is 175 Å². The topological polar surface area (TPSA) is 76.4 Å². The number of nitrogens with one attached hydrogen (secondary N) is 2. The Morgan fingerprint density at radius 3 is 2.72 bits per heavy atom. The van der Waals surface area contributed by atoms with Gasteiger partial charge in [0, 0.05) is 43.3 Å². The molecular formula is C21H25ClN6O. The van der Waals surface area contributed by atoms with Gasteiger partial charge in [-0.1, -0.05) is 23.4 Å². The zero-order chi connectivity index (χ0) is 19.0.